The molecule has 2 atom stereocenters. The van der Waals surface area contributed by atoms with Crippen LogP contribution in [0.1, 0.15) is 21.6 Å². The molecular formula is C18H24N6O2. The van der Waals surface area contributed by atoms with Gasteiger partial charge in [-0.3, -0.25) is 9.78 Å². The molecule has 1 aliphatic rings. The zero-order valence-corrected chi connectivity index (χ0v) is 15.5. The Morgan fingerprint density at radius 3 is 2.85 bits per heavy atom. The number of carbonyl (C=O) groups is 1. The number of anilines is 2. The molecule has 3 heterocycles. The lowest BCUT2D eigenvalue weighted by Crippen LogP contribution is -2.43. The van der Waals surface area contributed by atoms with Gasteiger partial charge in [0.25, 0.3) is 5.91 Å². The Morgan fingerprint density at radius 2 is 2.12 bits per heavy atom. The molecule has 8 heteroatoms. The summed E-state index contributed by atoms with van der Waals surface area (Å²) < 4.78 is 5.60. The molecule has 0 aliphatic carbocycles. The van der Waals surface area contributed by atoms with E-state index in [-0.39, 0.29) is 18.1 Å². The highest BCUT2D eigenvalue weighted by atomic mass is 16.5. The molecule has 1 saturated heterocycles. The van der Waals surface area contributed by atoms with Crippen LogP contribution in [0.4, 0.5) is 11.8 Å². The largest absolute Gasteiger partial charge is 0.377 e. The molecule has 1 aliphatic heterocycles. The number of nitrogens with one attached hydrogen (secondary N) is 2. The van der Waals surface area contributed by atoms with Gasteiger partial charge in [0.1, 0.15) is 5.82 Å². The third-order valence-corrected chi connectivity index (χ3v) is 4.56. The molecule has 26 heavy (non-hydrogen) atoms. The van der Waals surface area contributed by atoms with Gasteiger partial charge in [-0.1, -0.05) is 0 Å². The molecule has 2 aromatic heterocycles. The molecule has 1 fully saturated rings. The highest BCUT2D eigenvalue weighted by Crippen LogP contribution is 2.21. The average molecular weight is 356 g/mol. The first-order valence-electron chi connectivity index (χ1n) is 8.54. The first kappa shape index (κ1) is 18.1. The number of rotatable bonds is 5. The summed E-state index contributed by atoms with van der Waals surface area (Å²) in [6, 6.07) is 3.53. The molecule has 0 unspecified atom stereocenters. The molecule has 138 valence electrons. The van der Waals surface area contributed by atoms with Crippen LogP contribution in [0.5, 0.6) is 0 Å². The second-order valence-corrected chi connectivity index (χ2v) is 6.39. The summed E-state index contributed by atoms with van der Waals surface area (Å²) in [5.41, 5.74) is 2.31. The Kier molecular flexibility index (Phi) is 5.32. The smallest absolute Gasteiger partial charge is 0.252 e. The van der Waals surface area contributed by atoms with Crippen LogP contribution in [0.3, 0.4) is 0 Å². The fourth-order valence-electron chi connectivity index (χ4n) is 3.10. The third-order valence-electron chi connectivity index (χ3n) is 4.56. The molecule has 8 nitrogen and oxygen atoms in total. The molecule has 0 saturated carbocycles. The van der Waals surface area contributed by atoms with Crippen molar-refractivity contribution in [3.05, 3.63) is 41.3 Å². The number of carbonyl (C=O) groups excluding carboxylic acids is 1. The Labute approximate surface area is 153 Å². The average Bonchev–Trinajstić information content (AvgIpc) is 3.06. The predicted molar refractivity (Wildman–Crippen MR) is 99.6 cm³/mol. The van der Waals surface area contributed by atoms with E-state index in [0.717, 1.165) is 17.1 Å². The fraction of sp³-hybridized carbons (Fsp3) is 0.444. The van der Waals surface area contributed by atoms with Gasteiger partial charge in [-0.25, -0.2) is 4.98 Å². The van der Waals surface area contributed by atoms with Gasteiger partial charge in [-0.15, -0.1) is 0 Å². The van der Waals surface area contributed by atoms with E-state index in [1.165, 1.54) is 0 Å². The van der Waals surface area contributed by atoms with E-state index in [2.05, 4.69) is 30.5 Å². The maximum Gasteiger partial charge on any atom is 0.252 e. The summed E-state index contributed by atoms with van der Waals surface area (Å²) in [5.74, 6) is 1.26. The first-order valence-corrected chi connectivity index (χ1v) is 8.54. The Hall–Kier alpha value is -2.74. The van der Waals surface area contributed by atoms with Crippen LogP contribution in [0.2, 0.25) is 0 Å². The Bertz CT molecular complexity index is 797. The van der Waals surface area contributed by atoms with Crippen molar-refractivity contribution >= 4 is 17.7 Å². The lowest BCUT2D eigenvalue weighted by atomic mass is 10.1. The van der Waals surface area contributed by atoms with Gasteiger partial charge in [-0.05, 0) is 31.5 Å². The summed E-state index contributed by atoms with van der Waals surface area (Å²) in [5, 5.41) is 6.04. The summed E-state index contributed by atoms with van der Waals surface area (Å²) in [4.78, 5) is 27.6. The minimum absolute atomic E-state index is 0.111. The second-order valence-electron chi connectivity index (χ2n) is 6.39. The highest BCUT2D eigenvalue weighted by molar-refractivity contribution is 5.95. The van der Waals surface area contributed by atoms with Gasteiger partial charge >= 0.3 is 0 Å². The number of ether oxygens (including phenoxy) is 1. The van der Waals surface area contributed by atoms with Gasteiger partial charge in [0.15, 0.2) is 0 Å². The zero-order chi connectivity index (χ0) is 18.7. The molecule has 0 spiro atoms. The number of aromatic nitrogens is 3. The van der Waals surface area contributed by atoms with Gasteiger partial charge in [0.05, 0.1) is 12.1 Å². The van der Waals surface area contributed by atoms with Crippen LogP contribution in [0.15, 0.2) is 24.5 Å². The van der Waals surface area contributed by atoms with E-state index in [0.29, 0.717) is 24.6 Å². The molecule has 0 radical (unpaired) electrons. The number of methoxy groups -OCH3 is 1. The van der Waals surface area contributed by atoms with Crippen molar-refractivity contribution in [3.8, 4) is 0 Å². The molecule has 2 N–H and O–H groups in total. The van der Waals surface area contributed by atoms with Crippen LogP contribution in [-0.2, 0) is 4.74 Å². The van der Waals surface area contributed by atoms with E-state index in [1.807, 2.05) is 26.0 Å². The van der Waals surface area contributed by atoms with Crippen molar-refractivity contribution < 1.29 is 9.53 Å². The van der Waals surface area contributed by atoms with E-state index >= 15 is 0 Å². The summed E-state index contributed by atoms with van der Waals surface area (Å²) in [6.45, 7) is 5.03. The van der Waals surface area contributed by atoms with E-state index in [9.17, 15) is 4.79 Å². The number of aryl methyl sites for hydroxylation is 2. The van der Waals surface area contributed by atoms with Crippen molar-refractivity contribution in [2.45, 2.75) is 26.0 Å². The van der Waals surface area contributed by atoms with Gasteiger partial charge in [0, 0.05) is 50.9 Å². The maximum atomic E-state index is 12.7. The minimum atomic E-state index is -0.131. The minimum Gasteiger partial charge on any atom is -0.377 e. The topological polar surface area (TPSA) is 92.3 Å². The van der Waals surface area contributed by atoms with Crippen LogP contribution >= 0.6 is 0 Å². The number of hydrogen-bond donors (Lipinski definition) is 2. The number of hydrogen-bond acceptors (Lipinski definition) is 7. The molecular weight excluding hydrogens is 332 g/mol. The normalized spacial score (nSPS) is 19.5. The SMILES string of the molecule is CNc1nccc(N2C[C@H](OC)[C@H](NC(=O)c3cc(C)ncc3C)C2)n1. The monoisotopic (exact) mass is 356 g/mol. The fourth-order valence-corrected chi connectivity index (χ4v) is 3.10. The molecule has 0 bridgehead atoms. The lowest BCUT2D eigenvalue weighted by molar-refractivity contribution is 0.0781. The number of amides is 1. The van der Waals surface area contributed by atoms with Gasteiger partial charge in [0.2, 0.25) is 5.95 Å². The van der Waals surface area contributed by atoms with Gasteiger partial charge < -0.3 is 20.3 Å². The predicted octanol–water partition coefficient (Wildman–Crippen LogP) is 1.16. The Balaban J connectivity index is 1.75. The first-order chi connectivity index (χ1) is 12.5. The number of pyridine rings is 1. The van der Waals surface area contributed by atoms with Crippen molar-refractivity contribution in [2.24, 2.45) is 0 Å². The summed E-state index contributed by atoms with van der Waals surface area (Å²) in [7, 11) is 3.44. The van der Waals surface area contributed by atoms with Crippen LogP contribution in [0, 0.1) is 13.8 Å². The highest BCUT2D eigenvalue weighted by Gasteiger charge is 2.35. The van der Waals surface area contributed by atoms with Crippen LogP contribution in [-0.4, -0.2) is 60.3 Å². The van der Waals surface area contributed by atoms with Crippen LogP contribution < -0.4 is 15.5 Å². The maximum absolute atomic E-state index is 12.7. The third kappa shape index (κ3) is 3.75. The summed E-state index contributed by atoms with van der Waals surface area (Å²) in [6.07, 6.45) is 3.32. The second kappa shape index (κ2) is 7.65. The van der Waals surface area contributed by atoms with E-state index in [1.54, 1.807) is 26.6 Å². The van der Waals surface area contributed by atoms with Crippen molar-refractivity contribution in [3.63, 3.8) is 0 Å². The zero-order valence-electron chi connectivity index (χ0n) is 15.5. The van der Waals surface area contributed by atoms with Crippen molar-refractivity contribution in [2.75, 3.05) is 37.5 Å². The molecule has 1 amide bonds. The number of nitrogens with zero attached hydrogens (tertiary/aromatic N) is 4. The molecule has 2 aromatic rings. The van der Waals surface area contributed by atoms with E-state index < -0.39 is 0 Å². The lowest BCUT2D eigenvalue weighted by Gasteiger charge is -2.19. The van der Waals surface area contributed by atoms with Gasteiger partial charge in [-0.2, -0.15) is 4.98 Å². The molecule has 0 aromatic carbocycles. The Morgan fingerprint density at radius 1 is 1.31 bits per heavy atom. The van der Waals surface area contributed by atoms with Crippen molar-refractivity contribution in [1.82, 2.24) is 20.3 Å². The quantitative estimate of drug-likeness (QED) is 0.830. The standard InChI is InChI=1S/C18H24N6O2/c1-11-8-21-12(2)7-13(11)17(25)22-14-9-24(10-15(14)26-4)16-5-6-20-18(19-3)23-16/h5-8,14-15H,9-10H2,1-4H3,(H,22,25)(H,19,20,23)/t14-,15+/m1/s1. The summed E-state index contributed by atoms with van der Waals surface area (Å²) >= 11 is 0. The van der Waals surface area contributed by atoms with Crippen LogP contribution in [0.25, 0.3) is 0 Å². The molecule has 3 rings (SSSR count). The van der Waals surface area contributed by atoms with E-state index in [4.69, 9.17) is 4.74 Å². The van der Waals surface area contributed by atoms with Crippen molar-refractivity contribution in [1.29, 1.82) is 0 Å².